The van der Waals surface area contributed by atoms with Crippen LogP contribution in [0, 0.1) is 13.8 Å². The Kier molecular flexibility index (Phi) is 7.86. The van der Waals surface area contributed by atoms with Gasteiger partial charge in [-0.1, -0.05) is 6.07 Å². The Morgan fingerprint density at radius 3 is 2.10 bits per heavy atom. The number of hydrogen-bond donors (Lipinski definition) is 8. The molecule has 0 radical (unpaired) electrons. The zero-order chi connectivity index (χ0) is 22.9. The summed E-state index contributed by atoms with van der Waals surface area (Å²) in [5.41, 5.74) is 2.74. The molecular formula is C20H31NO10. The molecule has 11 nitrogen and oxygen atoms in total. The summed E-state index contributed by atoms with van der Waals surface area (Å²) in [4.78, 5) is 0. The first-order valence-corrected chi connectivity index (χ1v) is 10.1. The van der Waals surface area contributed by atoms with E-state index in [1.54, 1.807) is 6.07 Å². The van der Waals surface area contributed by atoms with Crippen molar-refractivity contribution in [1.82, 2.24) is 0 Å². The zero-order valence-corrected chi connectivity index (χ0v) is 17.3. The molecule has 0 spiro atoms. The summed E-state index contributed by atoms with van der Waals surface area (Å²) in [7, 11) is 0. The Morgan fingerprint density at radius 1 is 0.806 bits per heavy atom. The molecule has 1 aromatic carbocycles. The minimum Gasteiger partial charge on any atom is -0.394 e. The van der Waals surface area contributed by atoms with E-state index in [-0.39, 0.29) is 0 Å². The van der Waals surface area contributed by atoms with E-state index in [1.165, 1.54) is 0 Å². The Morgan fingerprint density at radius 2 is 1.48 bits per heavy atom. The summed E-state index contributed by atoms with van der Waals surface area (Å²) in [5, 5.41) is 73.2. The number of benzene rings is 1. The van der Waals surface area contributed by atoms with Crippen molar-refractivity contribution in [2.75, 3.05) is 18.5 Å². The summed E-state index contributed by atoms with van der Waals surface area (Å²) < 4.78 is 16.5. The fourth-order valence-electron chi connectivity index (χ4n) is 3.70. The number of aliphatic hydroxyl groups is 7. The number of anilines is 1. The molecule has 8 N–H and O–H groups in total. The van der Waals surface area contributed by atoms with Gasteiger partial charge in [0.1, 0.15) is 48.8 Å². The Balaban J connectivity index is 1.72. The fraction of sp³-hybridized carbons (Fsp3) is 0.700. The van der Waals surface area contributed by atoms with E-state index in [0.717, 1.165) is 11.1 Å². The van der Waals surface area contributed by atoms with Crippen molar-refractivity contribution in [2.24, 2.45) is 0 Å². The van der Waals surface area contributed by atoms with Gasteiger partial charge >= 0.3 is 0 Å². The number of aliphatic hydroxyl groups excluding tert-OH is 7. The maximum absolute atomic E-state index is 10.6. The van der Waals surface area contributed by atoms with Gasteiger partial charge in [0.05, 0.1) is 13.2 Å². The maximum Gasteiger partial charge on any atom is 0.187 e. The van der Waals surface area contributed by atoms with Gasteiger partial charge in [-0.05, 0) is 37.1 Å². The number of rotatable bonds is 6. The van der Waals surface area contributed by atoms with Gasteiger partial charge in [0.15, 0.2) is 12.5 Å². The molecule has 0 aromatic heterocycles. The molecule has 3 rings (SSSR count). The van der Waals surface area contributed by atoms with E-state index in [2.05, 4.69) is 5.32 Å². The van der Waals surface area contributed by atoms with Crippen LogP contribution in [0.3, 0.4) is 0 Å². The largest absolute Gasteiger partial charge is 0.394 e. The number of ether oxygens (including phenoxy) is 3. The third kappa shape index (κ3) is 5.01. The Hall–Kier alpha value is -1.38. The van der Waals surface area contributed by atoms with Crippen molar-refractivity contribution in [1.29, 1.82) is 0 Å². The molecule has 0 amide bonds. The van der Waals surface area contributed by atoms with Gasteiger partial charge in [-0.3, -0.25) is 0 Å². The summed E-state index contributed by atoms with van der Waals surface area (Å²) in [6.45, 7) is 2.64. The Bertz CT molecular complexity index is 732. The molecule has 2 heterocycles. The third-order valence-electron chi connectivity index (χ3n) is 5.82. The van der Waals surface area contributed by atoms with Crippen LogP contribution in [0.4, 0.5) is 5.69 Å². The van der Waals surface area contributed by atoms with E-state index in [0.29, 0.717) is 5.69 Å². The van der Waals surface area contributed by atoms with Crippen molar-refractivity contribution in [3.8, 4) is 0 Å². The lowest BCUT2D eigenvalue weighted by atomic mass is 9.96. The molecule has 11 heteroatoms. The summed E-state index contributed by atoms with van der Waals surface area (Å²) in [6, 6.07) is 5.52. The van der Waals surface area contributed by atoms with Gasteiger partial charge in [0.25, 0.3) is 0 Å². The normalized spacial score (nSPS) is 41.2. The first-order valence-electron chi connectivity index (χ1n) is 10.1. The monoisotopic (exact) mass is 445 g/mol. The number of nitrogens with one attached hydrogen (secondary N) is 1. The third-order valence-corrected chi connectivity index (χ3v) is 5.82. The SMILES string of the molecule is Cc1ccc(N[C@H]2O[C@H](CO)[C@@H](O[C@H]3O[C@@H](CO)[C@H](O)[C@@H](O)[C@@H]3O)[C@H](O)[C@@H]2O)cc1C. The van der Waals surface area contributed by atoms with Gasteiger partial charge in [-0.15, -0.1) is 0 Å². The highest BCUT2D eigenvalue weighted by molar-refractivity contribution is 5.48. The molecule has 10 atom stereocenters. The highest BCUT2D eigenvalue weighted by Gasteiger charge is 2.50. The second-order valence-electron chi connectivity index (χ2n) is 8.00. The minimum atomic E-state index is -1.70. The van der Waals surface area contributed by atoms with Crippen molar-refractivity contribution in [3.05, 3.63) is 29.3 Å². The molecule has 176 valence electrons. The Labute approximate surface area is 179 Å². The molecule has 0 unspecified atom stereocenters. The lowest BCUT2D eigenvalue weighted by Gasteiger charge is -2.46. The van der Waals surface area contributed by atoms with Crippen LogP contribution in [0.2, 0.25) is 0 Å². The van der Waals surface area contributed by atoms with E-state index < -0.39 is 74.6 Å². The highest BCUT2D eigenvalue weighted by Crippen LogP contribution is 2.30. The van der Waals surface area contributed by atoms with Crippen LogP contribution >= 0.6 is 0 Å². The topological polar surface area (TPSA) is 181 Å². The van der Waals surface area contributed by atoms with Crippen LogP contribution in [-0.4, -0.2) is 110 Å². The average Bonchev–Trinajstić information content (AvgIpc) is 2.75. The second-order valence-corrected chi connectivity index (χ2v) is 8.00. The number of aryl methyl sites for hydroxylation is 2. The van der Waals surface area contributed by atoms with Gasteiger partial charge in [-0.25, -0.2) is 0 Å². The lowest BCUT2D eigenvalue weighted by Crippen LogP contribution is -2.65. The predicted molar refractivity (Wildman–Crippen MR) is 106 cm³/mol. The van der Waals surface area contributed by atoms with Crippen LogP contribution in [0.25, 0.3) is 0 Å². The highest BCUT2D eigenvalue weighted by atomic mass is 16.7. The van der Waals surface area contributed by atoms with Gasteiger partial charge < -0.3 is 55.3 Å². The van der Waals surface area contributed by atoms with Gasteiger partial charge in [-0.2, -0.15) is 0 Å². The molecule has 0 bridgehead atoms. The summed E-state index contributed by atoms with van der Waals surface area (Å²) in [6.07, 6.45) is -14.2. The van der Waals surface area contributed by atoms with E-state index in [4.69, 9.17) is 14.2 Å². The van der Waals surface area contributed by atoms with Gasteiger partial charge in [0, 0.05) is 5.69 Å². The standard InChI is InChI=1S/C20H31NO10/c1-8-3-4-10(5-9(8)2)21-19-16(27)15(26)18(12(7-23)29-19)31-20-17(28)14(25)13(24)11(6-22)30-20/h3-5,11-28H,6-7H2,1-2H3/t11-,12+,13-,14+,15+,16-,17-,18+,19-,20+/m0/s1. The van der Waals surface area contributed by atoms with Gasteiger partial charge in [0.2, 0.25) is 0 Å². The summed E-state index contributed by atoms with van der Waals surface area (Å²) in [5.74, 6) is 0. The molecule has 2 aliphatic heterocycles. The molecule has 0 saturated carbocycles. The van der Waals surface area contributed by atoms with E-state index in [9.17, 15) is 35.7 Å². The van der Waals surface area contributed by atoms with Crippen molar-refractivity contribution < 1.29 is 50.0 Å². The maximum atomic E-state index is 10.6. The molecule has 2 saturated heterocycles. The second kappa shape index (κ2) is 10.0. The van der Waals surface area contributed by atoms with Crippen molar-refractivity contribution in [2.45, 2.75) is 75.2 Å². The molecule has 0 aliphatic carbocycles. The smallest absolute Gasteiger partial charge is 0.187 e. The van der Waals surface area contributed by atoms with Crippen LogP contribution in [0.15, 0.2) is 18.2 Å². The van der Waals surface area contributed by atoms with Crippen molar-refractivity contribution >= 4 is 5.69 Å². The first kappa shape index (κ1) is 24.3. The molecule has 31 heavy (non-hydrogen) atoms. The molecular weight excluding hydrogens is 414 g/mol. The van der Waals surface area contributed by atoms with Crippen molar-refractivity contribution in [3.63, 3.8) is 0 Å². The molecule has 1 aromatic rings. The summed E-state index contributed by atoms with van der Waals surface area (Å²) >= 11 is 0. The van der Waals surface area contributed by atoms with Crippen LogP contribution < -0.4 is 5.32 Å². The van der Waals surface area contributed by atoms with E-state index in [1.807, 2.05) is 26.0 Å². The zero-order valence-electron chi connectivity index (χ0n) is 17.3. The average molecular weight is 445 g/mol. The van der Waals surface area contributed by atoms with Crippen LogP contribution in [0.5, 0.6) is 0 Å². The molecule has 2 fully saturated rings. The quantitative estimate of drug-likeness (QED) is 0.229. The first-order chi connectivity index (χ1) is 14.7. The number of hydrogen-bond acceptors (Lipinski definition) is 11. The lowest BCUT2D eigenvalue weighted by molar-refractivity contribution is -0.340. The minimum absolute atomic E-state index is 0.586. The molecule has 2 aliphatic rings. The predicted octanol–water partition coefficient (Wildman–Crippen LogP) is -2.66. The van der Waals surface area contributed by atoms with E-state index >= 15 is 0 Å². The fourth-order valence-corrected chi connectivity index (χ4v) is 3.70. The van der Waals surface area contributed by atoms with Crippen LogP contribution in [0.1, 0.15) is 11.1 Å². The van der Waals surface area contributed by atoms with Crippen LogP contribution in [-0.2, 0) is 14.2 Å².